The van der Waals surface area contributed by atoms with Crippen LogP contribution in [0.3, 0.4) is 0 Å². The quantitative estimate of drug-likeness (QED) is 0.458. The molecular formula is C13H26N4O6S. The molecule has 1 unspecified atom stereocenters. The highest BCUT2D eigenvalue weighted by Crippen LogP contribution is 2.20. The number of unbranched alkanes of at least 4 members (excludes halogenated alkanes) is 2. The molecule has 0 radical (unpaired) electrons. The van der Waals surface area contributed by atoms with E-state index in [9.17, 15) is 8.42 Å². The van der Waals surface area contributed by atoms with Gasteiger partial charge in [0.15, 0.2) is 0 Å². The monoisotopic (exact) mass is 366 g/mol. The van der Waals surface area contributed by atoms with E-state index in [0.29, 0.717) is 44.4 Å². The molecule has 0 amide bonds. The molecule has 5 N–H and O–H groups in total. The molecule has 0 aromatic carbocycles. The summed E-state index contributed by atoms with van der Waals surface area (Å²) in [5.74, 6) is 1.08. The van der Waals surface area contributed by atoms with Gasteiger partial charge >= 0.3 is 10.4 Å². The number of hydrogen-bond acceptors (Lipinski definition) is 8. The van der Waals surface area contributed by atoms with Gasteiger partial charge in [-0.1, -0.05) is 19.8 Å². The Morgan fingerprint density at radius 2 is 2.08 bits per heavy atom. The number of rotatable bonds is 7. The van der Waals surface area contributed by atoms with Crippen LogP contribution in [0.25, 0.3) is 0 Å². The van der Waals surface area contributed by atoms with Gasteiger partial charge in [-0.2, -0.15) is 13.5 Å². The lowest BCUT2D eigenvalue weighted by atomic mass is 10.2. The van der Waals surface area contributed by atoms with E-state index in [1.165, 1.54) is 0 Å². The van der Waals surface area contributed by atoms with E-state index < -0.39 is 16.6 Å². The van der Waals surface area contributed by atoms with Gasteiger partial charge in [-0.25, -0.2) is 4.99 Å². The second-order valence-electron chi connectivity index (χ2n) is 5.43. The highest BCUT2D eigenvalue weighted by atomic mass is 32.3. The van der Waals surface area contributed by atoms with E-state index in [0.717, 1.165) is 24.3 Å². The highest BCUT2D eigenvalue weighted by molar-refractivity contribution is 7.80. The van der Waals surface area contributed by atoms with E-state index in [2.05, 4.69) is 16.2 Å². The summed E-state index contributed by atoms with van der Waals surface area (Å²) in [4.78, 5) is 6.52. The van der Waals surface area contributed by atoms with Crippen molar-refractivity contribution in [3.8, 4) is 0 Å². The van der Waals surface area contributed by atoms with Crippen molar-refractivity contribution in [2.75, 3.05) is 26.3 Å². The molecule has 10 nitrogen and oxygen atoms in total. The Balaban J connectivity index is 0.00000288. The molecule has 24 heavy (non-hydrogen) atoms. The number of nitrogens with two attached hydrogens (primary N) is 1. The lowest BCUT2D eigenvalue weighted by Gasteiger charge is -2.35. The van der Waals surface area contributed by atoms with E-state index in [1.54, 1.807) is 6.08 Å². The van der Waals surface area contributed by atoms with Crippen molar-refractivity contribution in [2.45, 2.75) is 38.8 Å². The largest absolute Gasteiger partial charge is 0.418 e. The van der Waals surface area contributed by atoms with Crippen LogP contribution in [0.2, 0.25) is 0 Å². The Bertz CT molecular complexity index is 559. The molecule has 1 atom stereocenters. The van der Waals surface area contributed by atoms with E-state index in [1.807, 2.05) is 4.90 Å². The molecule has 0 spiro atoms. The zero-order valence-corrected chi connectivity index (χ0v) is 14.5. The first-order valence-corrected chi connectivity index (χ1v) is 9.11. The summed E-state index contributed by atoms with van der Waals surface area (Å²) in [6, 6.07) is 0. The zero-order valence-electron chi connectivity index (χ0n) is 13.7. The fraction of sp³-hybridized carbons (Fsp3) is 0.769. The van der Waals surface area contributed by atoms with Gasteiger partial charge in [0, 0.05) is 19.5 Å². The summed E-state index contributed by atoms with van der Waals surface area (Å²) in [7, 11) is -4.66. The topological polar surface area (TPSA) is 149 Å². The summed E-state index contributed by atoms with van der Waals surface area (Å²) in [6.07, 6.45) is 4.10. The number of aliphatic imine (C=N–C) groups is 1. The Morgan fingerprint density at radius 3 is 2.67 bits per heavy atom. The van der Waals surface area contributed by atoms with Crippen LogP contribution in [-0.4, -0.2) is 66.7 Å². The van der Waals surface area contributed by atoms with Crippen LogP contribution >= 0.6 is 0 Å². The van der Waals surface area contributed by atoms with Crippen LogP contribution in [0, 0.1) is 0 Å². The van der Waals surface area contributed by atoms with Crippen LogP contribution in [-0.2, 0) is 19.4 Å². The molecule has 11 heteroatoms. The molecule has 0 aromatic heterocycles. The maximum atomic E-state index is 11.0. The number of amidine groups is 1. The molecule has 2 aliphatic rings. The molecule has 0 aromatic rings. The van der Waals surface area contributed by atoms with Gasteiger partial charge in [0.05, 0.1) is 13.2 Å². The van der Waals surface area contributed by atoms with Crippen LogP contribution < -0.4 is 5.73 Å². The van der Waals surface area contributed by atoms with Gasteiger partial charge in [-0.3, -0.25) is 4.55 Å². The summed E-state index contributed by atoms with van der Waals surface area (Å²) in [5, 5.41) is 0.953. The average molecular weight is 366 g/mol. The van der Waals surface area contributed by atoms with Crippen LogP contribution in [0.15, 0.2) is 16.9 Å². The number of morpholine rings is 1. The lowest BCUT2D eigenvalue weighted by molar-refractivity contribution is -0.0156. The van der Waals surface area contributed by atoms with Gasteiger partial charge in [0.25, 0.3) is 0 Å². The maximum absolute atomic E-state index is 11.0. The second kappa shape index (κ2) is 9.30. The first-order valence-electron chi connectivity index (χ1n) is 7.74. The molecule has 0 aliphatic carbocycles. The molecule has 2 heterocycles. The molecule has 0 saturated carbocycles. The summed E-state index contributed by atoms with van der Waals surface area (Å²) < 4.78 is 40.9. The fourth-order valence-corrected chi connectivity index (χ4v) is 2.86. The third-order valence-electron chi connectivity index (χ3n) is 3.60. The standard InChI is InChI=1S/C13H24N4O5S.H2O/c1-2-3-4-5-12-15-13(16-6-8-21-9-7-16)10-11(14)17(12)22-23(18,19)20;/h10-11H,2-9,14H2,1H3,(H,18,19,20);1H2. The fourth-order valence-electron chi connectivity index (χ4n) is 2.47. The number of ether oxygens (including phenoxy) is 1. The van der Waals surface area contributed by atoms with Crippen LogP contribution in [0.4, 0.5) is 0 Å². The van der Waals surface area contributed by atoms with Crippen molar-refractivity contribution in [1.29, 1.82) is 0 Å². The van der Waals surface area contributed by atoms with Crippen molar-refractivity contribution in [2.24, 2.45) is 10.7 Å². The predicted octanol–water partition coefficient (Wildman–Crippen LogP) is -0.351. The SMILES string of the molecule is CCCCCC1=NC(N2CCOCC2)=CC(N)N1OS(=O)(=O)O.O. The minimum atomic E-state index is -4.66. The Labute approximate surface area is 142 Å². The zero-order chi connectivity index (χ0) is 16.9. The third-order valence-corrected chi connectivity index (χ3v) is 3.95. The Morgan fingerprint density at radius 1 is 1.42 bits per heavy atom. The smallest absolute Gasteiger partial charge is 0.412 e. The molecule has 2 rings (SSSR count). The van der Waals surface area contributed by atoms with E-state index in [-0.39, 0.29) is 5.48 Å². The molecular weight excluding hydrogens is 340 g/mol. The summed E-state index contributed by atoms with van der Waals surface area (Å²) in [5.41, 5.74) is 5.99. The van der Waals surface area contributed by atoms with Gasteiger partial charge in [-0.15, -0.1) is 4.28 Å². The third kappa shape index (κ3) is 6.00. The second-order valence-corrected chi connectivity index (χ2v) is 6.43. The number of nitrogens with zero attached hydrogens (tertiary/aromatic N) is 3. The molecule has 0 bridgehead atoms. The van der Waals surface area contributed by atoms with Crippen molar-refractivity contribution in [1.82, 2.24) is 9.96 Å². The van der Waals surface area contributed by atoms with Crippen molar-refractivity contribution in [3.63, 3.8) is 0 Å². The van der Waals surface area contributed by atoms with Gasteiger partial charge < -0.3 is 20.8 Å². The van der Waals surface area contributed by atoms with Crippen LogP contribution in [0.1, 0.15) is 32.6 Å². The first-order chi connectivity index (χ1) is 10.9. The van der Waals surface area contributed by atoms with Crippen molar-refractivity contribution >= 4 is 16.2 Å². The predicted molar refractivity (Wildman–Crippen MR) is 88.1 cm³/mol. The van der Waals surface area contributed by atoms with Gasteiger partial charge in [0.1, 0.15) is 17.8 Å². The molecule has 1 fully saturated rings. The van der Waals surface area contributed by atoms with Crippen molar-refractivity contribution < 1.29 is 27.5 Å². The normalized spacial score (nSPS) is 21.9. The summed E-state index contributed by atoms with van der Waals surface area (Å²) in [6.45, 7) is 4.68. The van der Waals surface area contributed by atoms with Gasteiger partial charge in [0.2, 0.25) is 0 Å². The molecule has 140 valence electrons. The lowest BCUT2D eigenvalue weighted by Crippen LogP contribution is -2.49. The Hall–Kier alpha value is -1.24. The first kappa shape index (κ1) is 20.8. The summed E-state index contributed by atoms with van der Waals surface area (Å²) >= 11 is 0. The minimum absolute atomic E-state index is 0. The number of hydrogen-bond donors (Lipinski definition) is 2. The van der Waals surface area contributed by atoms with E-state index in [4.69, 9.17) is 15.0 Å². The highest BCUT2D eigenvalue weighted by Gasteiger charge is 2.29. The van der Waals surface area contributed by atoms with Gasteiger partial charge in [-0.05, 0) is 12.5 Å². The average Bonchev–Trinajstić information content (AvgIpc) is 2.50. The molecule has 2 aliphatic heterocycles. The maximum Gasteiger partial charge on any atom is 0.418 e. The minimum Gasteiger partial charge on any atom is -0.412 e. The van der Waals surface area contributed by atoms with E-state index >= 15 is 0 Å². The number of hydroxylamine groups is 2. The Kier molecular flexibility index (Phi) is 8.06. The van der Waals surface area contributed by atoms with Crippen LogP contribution in [0.5, 0.6) is 0 Å². The van der Waals surface area contributed by atoms with Crippen molar-refractivity contribution in [3.05, 3.63) is 11.9 Å². The molecule has 1 saturated heterocycles.